The number of carboxylic acid groups (broad SMARTS) is 1. The van der Waals surface area contributed by atoms with Gasteiger partial charge in [-0.15, -0.1) is 0 Å². The van der Waals surface area contributed by atoms with Crippen LogP contribution >= 0.6 is 23.2 Å². The average molecular weight is 841 g/mol. The number of aromatic nitrogens is 1. The predicted octanol–water partition coefficient (Wildman–Crippen LogP) is 8.97. The number of nitrogens with one attached hydrogen (secondary N) is 1. The van der Waals surface area contributed by atoms with E-state index in [0.717, 1.165) is 33.5 Å². The number of pyridine rings is 1. The highest BCUT2D eigenvalue weighted by molar-refractivity contribution is 6.42. The first-order chi connectivity index (χ1) is 28.3. The normalized spacial score (nSPS) is 16.2. The molecule has 2 aliphatic rings. The van der Waals surface area contributed by atoms with Gasteiger partial charge in [0.05, 0.1) is 22.7 Å². The Kier molecular flexibility index (Phi) is 12.5. The van der Waals surface area contributed by atoms with Crippen molar-refractivity contribution in [3.63, 3.8) is 0 Å². The minimum atomic E-state index is -1.27. The van der Waals surface area contributed by atoms with E-state index >= 15 is 0 Å². The highest BCUT2D eigenvalue weighted by Crippen LogP contribution is 2.41. The standard InChI is InChI=1S/C45H43Cl2N3O9/c1-25(2)57-45(54)50-22-32-21-41-40(56-24-42(59-41)30-8-12-33(13-9-30)55-23-29-7-14-35(46)36(47)17-29)20-31(32)19-38(50)43(51)49-37(44(52)53)18-28-5-10-34(11-6-28)58-39-15-16-48-27(4)26(39)3/h5-17,20-21,25,37-38,42H,18-19,22-24H2,1-4H3,(H,49,51)(H,52,53)/t37-,38?,42+/m0/s1. The summed E-state index contributed by atoms with van der Waals surface area (Å²) in [6.45, 7) is 7.85. The molecule has 3 heterocycles. The molecule has 2 amide bonds. The smallest absolute Gasteiger partial charge is 0.411 e. The summed E-state index contributed by atoms with van der Waals surface area (Å²) in [5.41, 5.74) is 5.72. The predicted molar refractivity (Wildman–Crippen MR) is 221 cm³/mol. The Labute approximate surface area is 351 Å². The minimum absolute atomic E-state index is 0.00281. The molecule has 4 aromatic carbocycles. The van der Waals surface area contributed by atoms with Crippen LogP contribution in [0.2, 0.25) is 10.0 Å². The number of fused-ring (bicyclic) bond motifs is 2. The first kappa shape index (κ1) is 41.2. The number of benzene rings is 4. The molecule has 1 unspecified atom stereocenters. The maximum atomic E-state index is 14.0. The van der Waals surface area contributed by atoms with Gasteiger partial charge < -0.3 is 34.1 Å². The molecule has 0 radical (unpaired) electrons. The van der Waals surface area contributed by atoms with Gasteiger partial charge in [0.1, 0.15) is 42.5 Å². The molecule has 0 bridgehead atoms. The molecule has 7 rings (SSSR count). The maximum absolute atomic E-state index is 14.0. The van der Waals surface area contributed by atoms with Crippen LogP contribution in [-0.2, 0) is 40.3 Å². The number of amides is 2. The molecule has 2 aliphatic heterocycles. The molecule has 2 N–H and O–H groups in total. The fourth-order valence-electron chi connectivity index (χ4n) is 6.84. The van der Waals surface area contributed by atoms with Crippen LogP contribution in [0.5, 0.6) is 28.7 Å². The summed E-state index contributed by atoms with van der Waals surface area (Å²) >= 11 is 12.2. The Bertz CT molecular complexity index is 2360. The number of carbonyl (C=O) groups is 3. The summed E-state index contributed by atoms with van der Waals surface area (Å²) in [7, 11) is 0. The lowest BCUT2D eigenvalue weighted by molar-refractivity contribution is -0.142. The fraction of sp³-hybridized carbons (Fsp3) is 0.289. The van der Waals surface area contributed by atoms with Gasteiger partial charge in [0.15, 0.2) is 17.6 Å². The van der Waals surface area contributed by atoms with Gasteiger partial charge in [0, 0.05) is 30.3 Å². The quantitative estimate of drug-likeness (QED) is 0.125. The Morgan fingerprint density at radius 2 is 1.61 bits per heavy atom. The van der Waals surface area contributed by atoms with Crippen molar-refractivity contribution < 1.29 is 43.2 Å². The van der Waals surface area contributed by atoms with E-state index in [4.69, 9.17) is 46.9 Å². The lowest BCUT2D eigenvalue weighted by Gasteiger charge is -2.37. The van der Waals surface area contributed by atoms with Gasteiger partial charge in [-0.2, -0.15) is 0 Å². The number of hydrogen-bond donors (Lipinski definition) is 2. The largest absolute Gasteiger partial charge is 0.489 e. The third-order valence-electron chi connectivity index (χ3n) is 10.2. The second-order valence-corrected chi connectivity index (χ2v) is 15.6. The molecule has 0 saturated carbocycles. The molecular formula is C45H43Cl2N3O9. The van der Waals surface area contributed by atoms with Crippen LogP contribution in [0.4, 0.5) is 4.79 Å². The molecule has 0 spiro atoms. The van der Waals surface area contributed by atoms with Crippen LogP contribution in [0.15, 0.2) is 91.1 Å². The minimum Gasteiger partial charge on any atom is -0.489 e. The van der Waals surface area contributed by atoms with Gasteiger partial charge in [0.25, 0.3) is 0 Å². The van der Waals surface area contributed by atoms with Crippen molar-refractivity contribution in [3.05, 3.63) is 140 Å². The summed E-state index contributed by atoms with van der Waals surface area (Å²) in [4.78, 5) is 45.5. The molecular weight excluding hydrogens is 797 g/mol. The number of aryl methyl sites for hydroxylation is 1. The molecule has 14 heteroatoms. The van der Waals surface area contributed by atoms with Crippen LogP contribution < -0.4 is 24.3 Å². The number of rotatable bonds is 12. The van der Waals surface area contributed by atoms with E-state index in [1.807, 2.05) is 56.3 Å². The first-order valence-electron chi connectivity index (χ1n) is 19.1. The number of ether oxygens (including phenoxy) is 5. The van der Waals surface area contributed by atoms with E-state index in [0.29, 0.717) is 51.0 Å². The van der Waals surface area contributed by atoms with Gasteiger partial charge in [-0.3, -0.25) is 14.7 Å². The lowest BCUT2D eigenvalue weighted by atomic mass is 9.92. The Hall–Kier alpha value is -5.98. The summed E-state index contributed by atoms with van der Waals surface area (Å²) in [6.07, 6.45) is 0.217. The van der Waals surface area contributed by atoms with Crippen LogP contribution in [-0.4, -0.2) is 57.8 Å². The summed E-state index contributed by atoms with van der Waals surface area (Å²) in [5, 5.41) is 13.8. The van der Waals surface area contributed by atoms with E-state index < -0.39 is 42.3 Å². The molecule has 0 saturated heterocycles. The van der Waals surface area contributed by atoms with Gasteiger partial charge in [-0.1, -0.05) is 53.5 Å². The molecule has 0 aliphatic carbocycles. The van der Waals surface area contributed by atoms with Crippen LogP contribution in [0.25, 0.3) is 0 Å². The van der Waals surface area contributed by atoms with E-state index in [2.05, 4.69) is 10.3 Å². The Morgan fingerprint density at radius 1 is 0.898 bits per heavy atom. The highest BCUT2D eigenvalue weighted by atomic mass is 35.5. The van der Waals surface area contributed by atoms with E-state index in [-0.39, 0.29) is 26.0 Å². The van der Waals surface area contributed by atoms with Crippen LogP contribution in [0.3, 0.4) is 0 Å². The van der Waals surface area contributed by atoms with Crippen molar-refractivity contribution >= 4 is 41.2 Å². The molecule has 12 nitrogen and oxygen atoms in total. The van der Waals surface area contributed by atoms with Crippen LogP contribution in [0, 0.1) is 13.8 Å². The zero-order chi connectivity index (χ0) is 41.8. The van der Waals surface area contributed by atoms with Crippen molar-refractivity contribution in [1.82, 2.24) is 15.2 Å². The van der Waals surface area contributed by atoms with E-state index in [1.54, 1.807) is 62.5 Å². The van der Waals surface area contributed by atoms with Crippen molar-refractivity contribution in [3.8, 4) is 28.7 Å². The number of hydrogen-bond acceptors (Lipinski definition) is 9. The number of carboxylic acids is 1. The van der Waals surface area contributed by atoms with Crippen LogP contribution in [0.1, 0.15) is 59.0 Å². The summed E-state index contributed by atoms with van der Waals surface area (Å²) in [6, 6.07) is 23.0. The first-order valence-corrected chi connectivity index (χ1v) is 19.9. The average Bonchev–Trinajstić information content (AvgIpc) is 3.21. The Morgan fingerprint density at radius 3 is 2.32 bits per heavy atom. The summed E-state index contributed by atoms with van der Waals surface area (Å²) < 4.78 is 30.1. The summed E-state index contributed by atoms with van der Waals surface area (Å²) in [5.74, 6) is 1.07. The van der Waals surface area contributed by atoms with Gasteiger partial charge in [-0.25, -0.2) is 9.59 Å². The highest BCUT2D eigenvalue weighted by Gasteiger charge is 2.39. The maximum Gasteiger partial charge on any atom is 0.411 e. The van der Waals surface area contributed by atoms with Crippen molar-refractivity contribution in [1.29, 1.82) is 0 Å². The molecule has 5 aromatic rings. The number of carbonyl (C=O) groups excluding carboxylic acids is 2. The van der Waals surface area contributed by atoms with E-state index in [9.17, 15) is 19.5 Å². The second kappa shape index (κ2) is 17.9. The SMILES string of the molecule is Cc1nccc(Oc2ccc(C[C@H](NC(=O)C3Cc4cc5c(cc4CN3C(=O)OC(C)C)O[C@@H](c3ccc(OCc4ccc(Cl)c(Cl)c4)cc3)CO5)C(=O)O)cc2)c1C. The third kappa shape index (κ3) is 9.84. The number of nitrogens with zero attached hydrogens (tertiary/aromatic N) is 2. The van der Waals surface area contributed by atoms with Crippen molar-refractivity contribution in [2.45, 2.75) is 78.0 Å². The lowest BCUT2D eigenvalue weighted by Crippen LogP contribution is -2.56. The zero-order valence-electron chi connectivity index (χ0n) is 32.9. The number of aliphatic carboxylic acids is 1. The van der Waals surface area contributed by atoms with Crippen molar-refractivity contribution in [2.75, 3.05) is 6.61 Å². The monoisotopic (exact) mass is 839 g/mol. The third-order valence-corrected chi connectivity index (χ3v) is 10.9. The molecule has 0 fully saturated rings. The zero-order valence-corrected chi connectivity index (χ0v) is 34.4. The molecule has 1 aromatic heterocycles. The van der Waals surface area contributed by atoms with Gasteiger partial charge in [0.2, 0.25) is 5.91 Å². The molecule has 3 atom stereocenters. The molecule has 59 heavy (non-hydrogen) atoms. The topological polar surface area (TPSA) is 146 Å². The van der Waals surface area contributed by atoms with Crippen molar-refractivity contribution in [2.24, 2.45) is 0 Å². The van der Waals surface area contributed by atoms with Gasteiger partial charge in [-0.05, 0) is 110 Å². The number of halogens is 2. The fourth-order valence-corrected chi connectivity index (χ4v) is 7.16. The van der Waals surface area contributed by atoms with Gasteiger partial charge >= 0.3 is 12.1 Å². The Balaban J connectivity index is 1.02. The molecule has 306 valence electrons. The van der Waals surface area contributed by atoms with E-state index in [1.165, 1.54) is 4.90 Å². The second-order valence-electron chi connectivity index (χ2n) is 14.7.